The van der Waals surface area contributed by atoms with E-state index in [4.69, 9.17) is 9.47 Å². The van der Waals surface area contributed by atoms with Gasteiger partial charge >= 0.3 is 5.97 Å². The first-order chi connectivity index (χ1) is 14.4. The summed E-state index contributed by atoms with van der Waals surface area (Å²) in [7, 11) is 1.27. The standard InChI is InChI=1S/C24H25NO5/c1-5-16-10-12-18(13-11-16)25-15(3)21(24(28)29-4)19(23(25)27)14-17-8-7-9-20(22(17)26)30-6-2/h7-14,26H,5-6H2,1-4H3/b19-14-. The van der Waals surface area contributed by atoms with E-state index < -0.39 is 5.97 Å². The molecular weight excluding hydrogens is 382 g/mol. The zero-order valence-electron chi connectivity index (χ0n) is 17.6. The van der Waals surface area contributed by atoms with Crippen LogP contribution in [0.2, 0.25) is 0 Å². The lowest BCUT2D eigenvalue weighted by molar-refractivity contribution is -0.136. The summed E-state index contributed by atoms with van der Waals surface area (Å²) in [5.74, 6) is -0.754. The lowest BCUT2D eigenvalue weighted by atomic mass is 10.0. The minimum Gasteiger partial charge on any atom is -0.504 e. The average molecular weight is 407 g/mol. The number of aromatic hydroxyl groups is 1. The molecule has 0 spiro atoms. The van der Waals surface area contributed by atoms with E-state index in [1.165, 1.54) is 18.1 Å². The molecule has 30 heavy (non-hydrogen) atoms. The molecule has 0 unspecified atom stereocenters. The molecule has 0 atom stereocenters. The van der Waals surface area contributed by atoms with Gasteiger partial charge in [-0.15, -0.1) is 0 Å². The number of anilines is 1. The minimum absolute atomic E-state index is 0.0905. The second-order valence-electron chi connectivity index (χ2n) is 6.80. The Bertz CT molecular complexity index is 1030. The largest absolute Gasteiger partial charge is 0.504 e. The summed E-state index contributed by atoms with van der Waals surface area (Å²) >= 11 is 0. The maximum atomic E-state index is 13.3. The topological polar surface area (TPSA) is 76.1 Å². The van der Waals surface area contributed by atoms with Crippen LogP contribution in [0.1, 0.15) is 31.9 Å². The molecule has 0 bridgehead atoms. The number of rotatable bonds is 6. The second-order valence-corrected chi connectivity index (χ2v) is 6.80. The number of aryl methyl sites for hydroxylation is 1. The highest BCUT2D eigenvalue weighted by Crippen LogP contribution is 2.38. The van der Waals surface area contributed by atoms with Crippen molar-refractivity contribution in [3.05, 3.63) is 70.4 Å². The summed E-state index contributed by atoms with van der Waals surface area (Å²) in [5.41, 5.74) is 2.98. The first-order valence-corrected chi connectivity index (χ1v) is 9.82. The first-order valence-electron chi connectivity index (χ1n) is 9.82. The fraction of sp³-hybridized carbons (Fsp3) is 0.250. The molecule has 3 rings (SSSR count). The monoisotopic (exact) mass is 407 g/mol. The van der Waals surface area contributed by atoms with Crippen LogP contribution in [0.15, 0.2) is 59.3 Å². The Balaban J connectivity index is 2.12. The third kappa shape index (κ3) is 3.81. The molecule has 1 aliphatic rings. The number of nitrogens with zero attached hydrogens (tertiary/aromatic N) is 1. The normalized spacial score (nSPS) is 15.1. The van der Waals surface area contributed by atoms with Crippen molar-refractivity contribution in [3.63, 3.8) is 0 Å². The van der Waals surface area contributed by atoms with Crippen molar-refractivity contribution in [1.29, 1.82) is 0 Å². The summed E-state index contributed by atoms with van der Waals surface area (Å²) in [6.07, 6.45) is 2.38. The maximum absolute atomic E-state index is 13.3. The molecule has 0 radical (unpaired) electrons. The molecule has 156 valence electrons. The van der Waals surface area contributed by atoms with Crippen LogP contribution in [0.3, 0.4) is 0 Å². The van der Waals surface area contributed by atoms with Crippen LogP contribution >= 0.6 is 0 Å². The Labute approximate surface area is 176 Å². The number of hydrogen-bond donors (Lipinski definition) is 1. The highest BCUT2D eigenvalue weighted by molar-refractivity contribution is 6.23. The maximum Gasteiger partial charge on any atom is 0.340 e. The number of carbonyl (C=O) groups is 2. The Hall–Kier alpha value is -3.54. The number of allylic oxidation sites excluding steroid dienone is 1. The minimum atomic E-state index is -0.611. The van der Waals surface area contributed by atoms with Crippen molar-refractivity contribution in [2.75, 3.05) is 18.6 Å². The molecule has 0 saturated carbocycles. The van der Waals surface area contributed by atoms with E-state index in [9.17, 15) is 14.7 Å². The van der Waals surface area contributed by atoms with Gasteiger partial charge in [-0.3, -0.25) is 9.69 Å². The predicted molar refractivity (Wildman–Crippen MR) is 115 cm³/mol. The number of amides is 1. The number of hydrogen-bond acceptors (Lipinski definition) is 5. The second kappa shape index (κ2) is 8.86. The Morgan fingerprint density at radius 1 is 1.13 bits per heavy atom. The van der Waals surface area contributed by atoms with Gasteiger partial charge in [0.1, 0.15) is 0 Å². The van der Waals surface area contributed by atoms with E-state index in [0.717, 1.165) is 12.0 Å². The number of benzene rings is 2. The number of esters is 1. The smallest absolute Gasteiger partial charge is 0.340 e. The summed E-state index contributed by atoms with van der Waals surface area (Å²) in [6, 6.07) is 12.6. The van der Waals surface area contributed by atoms with Crippen molar-refractivity contribution >= 4 is 23.6 Å². The van der Waals surface area contributed by atoms with Crippen molar-refractivity contribution in [3.8, 4) is 11.5 Å². The van der Waals surface area contributed by atoms with E-state index in [1.54, 1.807) is 25.1 Å². The van der Waals surface area contributed by atoms with E-state index in [1.807, 2.05) is 31.2 Å². The van der Waals surface area contributed by atoms with Crippen LogP contribution in [-0.2, 0) is 20.7 Å². The number of carbonyl (C=O) groups excluding carboxylic acids is 2. The number of phenolic OH excluding ortho intramolecular Hbond substituents is 1. The molecule has 1 heterocycles. The van der Waals surface area contributed by atoms with Gasteiger partial charge in [-0.05, 0) is 50.1 Å². The molecular formula is C24H25NO5. The van der Waals surface area contributed by atoms with Crippen molar-refractivity contribution in [2.24, 2.45) is 0 Å². The molecule has 2 aromatic rings. The fourth-order valence-corrected chi connectivity index (χ4v) is 3.45. The lowest BCUT2D eigenvalue weighted by Gasteiger charge is -2.18. The molecule has 2 aromatic carbocycles. The number of ether oxygens (including phenoxy) is 2. The summed E-state index contributed by atoms with van der Waals surface area (Å²) in [4.78, 5) is 27.3. The first kappa shape index (κ1) is 21.2. The number of methoxy groups -OCH3 is 1. The van der Waals surface area contributed by atoms with Crippen LogP contribution in [0.5, 0.6) is 11.5 Å². The van der Waals surface area contributed by atoms with Crippen LogP contribution in [0, 0.1) is 0 Å². The zero-order valence-corrected chi connectivity index (χ0v) is 17.6. The van der Waals surface area contributed by atoms with Crippen LogP contribution in [-0.4, -0.2) is 30.7 Å². The van der Waals surface area contributed by atoms with E-state index in [2.05, 4.69) is 6.92 Å². The van der Waals surface area contributed by atoms with Crippen molar-refractivity contribution < 1.29 is 24.2 Å². The lowest BCUT2D eigenvalue weighted by Crippen LogP contribution is -2.24. The van der Waals surface area contributed by atoms with Gasteiger partial charge < -0.3 is 14.6 Å². The number of para-hydroxylation sites is 1. The predicted octanol–water partition coefficient (Wildman–Crippen LogP) is 4.23. The molecule has 0 saturated heterocycles. The van der Waals surface area contributed by atoms with Gasteiger partial charge in [-0.1, -0.05) is 31.2 Å². The van der Waals surface area contributed by atoms with Gasteiger partial charge in [0.2, 0.25) is 0 Å². The molecule has 0 aliphatic carbocycles. The SMILES string of the molecule is CCOc1cccc(/C=C2\C(=O)N(c3ccc(CC)cc3)C(C)=C2C(=O)OC)c1O. The summed E-state index contributed by atoms with van der Waals surface area (Å²) in [6.45, 7) is 5.96. The highest BCUT2D eigenvalue weighted by atomic mass is 16.5. The Morgan fingerprint density at radius 2 is 1.83 bits per heavy atom. The van der Waals surface area contributed by atoms with Gasteiger partial charge in [0.25, 0.3) is 5.91 Å². The van der Waals surface area contributed by atoms with Gasteiger partial charge in [-0.2, -0.15) is 0 Å². The third-order valence-corrected chi connectivity index (χ3v) is 5.02. The molecule has 6 nitrogen and oxygen atoms in total. The zero-order chi connectivity index (χ0) is 21.8. The highest BCUT2D eigenvalue weighted by Gasteiger charge is 2.38. The summed E-state index contributed by atoms with van der Waals surface area (Å²) in [5, 5.41) is 10.5. The Morgan fingerprint density at radius 3 is 2.43 bits per heavy atom. The average Bonchev–Trinajstić information content (AvgIpc) is 3.00. The third-order valence-electron chi connectivity index (χ3n) is 5.02. The van der Waals surface area contributed by atoms with Crippen LogP contribution in [0.25, 0.3) is 6.08 Å². The van der Waals surface area contributed by atoms with Gasteiger partial charge in [0.15, 0.2) is 11.5 Å². The van der Waals surface area contributed by atoms with E-state index in [-0.39, 0.29) is 22.8 Å². The van der Waals surface area contributed by atoms with Crippen molar-refractivity contribution in [2.45, 2.75) is 27.2 Å². The molecule has 1 N–H and O–H groups in total. The van der Waals surface area contributed by atoms with Crippen LogP contribution < -0.4 is 9.64 Å². The fourth-order valence-electron chi connectivity index (χ4n) is 3.45. The van der Waals surface area contributed by atoms with E-state index in [0.29, 0.717) is 29.3 Å². The van der Waals surface area contributed by atoms with Gasteiger partial charge in [0, 0.05) is 16.9 Å². The molecule has 6 heteroatoms. The van der Waals surface area contributed by atoms with Crippen LogP contribution in [0.4, 0.5) is 5.69 Å². The Kier molecular flexibility index (Phi) is 6.26. The van der Waals surface area contributed by atoms with Gasteiger partial charge in [0.05, 0.1) is 24.9 Å². The molecule has 0 fully saturated rings. The van der Waals surface area contributed by atoms with Gasteiger partial charge in [-0.25, -0.2) is 4.79 Å². The number of phenols is 1. The molecule has 0 aromatic heterocycles. The van der Waals surface area contributed by atoms with E-state index >= 15 is 0 Å². The quantitative estimate of drug-likeness (QED) is 0.573. The van der Waals surface area contributed by atoms with Crippen molar-refractivity contribution in [1.82, 2.24) is 0 Å². The molecule has 1 aliphatic heterocycles. The molecule has 1 amide bonds. The summed E-state index contributed by atoms with van der Waals surface area (Å²) < 4.78 is 10.3.